The summed E-state index contributed by atoms with van der Waals surface area (Å²) in [5.41, 5.74) is -0.791. The molecule has 0 spiro atoms. The van der Waals surface area contributed by atoms with Gasteiger partial charge in [-0.15, -0.1) is 0 Å². The number of hydrogen-bond donors (Lipinski definition) is 0. The smallest absolute Gasteiger partial charge is 0.266 e. The number of aromatic nitrogens is 1. The lowest BCUT2D eigenvalue weighted by Crippen LogP contribution is -2.02. The molecule has 0 aromatic carbocycles. The minimum Gasteiger partial charge on any atom is -0.480 e. The van der Waals surface area contributed by atoms with E-state index in [1.807, 2.05) is 0 Å². The summed E-state index contributed by atoms with van der Waals surface area (Å²) in [4.78, 5) is 14.4. The lowest BCUT2D eigenvalue weighted by atomic mass is 10.2. The number of carbonyl (C=O) groups excluding carboxylic acids is 1. The molecule has 82 valence electrons. The standard InChI is InChI=1S/C8H5Cl2F2NO2/c1-15-8-4(6(10)14)2-3(7(11)12)5(9)13-8/h2,7H,1H3. The maximum atomic E-state index is 12.4. The molecule has 0 fully saturated rings. The second kappa shape index (κ2) is 4.72. The highest BCUT2D eigenvalue weighted by atomic mass is 35.5. The summed E-state index contributed by atoms with van der Waals surface area (Å²) in [6, 6.07) is 0.869. The van der Waals surface area contributed by atoms with Gasteiger partial charge in [-0.2, -0.15) is 0 Å². The maximum absolute atomic E-state index is 12.4. The quantitative estimate of drug-likeness (QED) is 0.616. The lowest BCUT2D eigenvalue weighted by molar-refractivity contribution is 0.107. The van der Waals surface area contributed by atoms with E-state index < -0.39 is 22.4 Å². The first-order valence-electron chi connectivity index (χ1n) is 3.69. The molecule has 15 heavy (non-hydrogen) atoms. The first-order valence-corrected chi connectivity index (χ1v) is 4.45. The average molecular weight is 256 g/mol. The van der Waals surface area contributed by atoms with Crippen molar-refractivity contribution in [3.05, 3.63) is 22.3 Å². The van der Waals surface area contributed by atoms with E-state index in [4.69, 9.17) is 23.2 Å². The Morgan fingerprint density at radius 1 is 1.60 bits per heavy atom. The van der Waals surface area contributed by atoms with Crippen LogP contribution >= 0.6 is 23.2 Å². The summed E-state index contributed by atoms with van der Waals surface area (Å²) < 4.78 is 29.5. The van der Waals surface area contributed by atoms with Gasteiger partial charge in [0.25, 0.3) is 11.7 Å². The van der Waals surface area contributed by atoms with Crippen LogP contribution in [0.1, 0.15) is 22.3 Å². The van der Waals surface area contributed by atoms with E-state index in [2.05, 4.69) is 9.72 Å². The Bertz CT molecular complexity index is 398. The molecular formula is C8H5Cl2F2NO2. The van der Waals surface area contributed by atoms with Crippen LogP contribution in [-0.2, 0) is 0 Å². The van der Waals surface area contributed by atoms with E-state index in [9.17, 15) is 13.6 Å². The summed E-state index contributed by atoms with van der Waals surface area (Å²) in [6.07, 6.45) is -2.83. The minimum absolute atomic E-state index is 0.176. The zero-order chi connectivity index (χ0) is 11.6. The number of rotatable bonds is 3. The molecule has 0 aliphatic heterocycles. The molecule has 0 bridgehead atoms. The SMILES string of the molecule is COc1nc(Cl)c(C(F)F)cc1C(=O)Cl. The molecule has 0 atom stereocenters. The van der Waals surface area contributed by atoms with Gasteiger partial charge < -0.3 is 4.74 Å². The number of methoxy groups -OCH3 is 1. The van der Waals surface area contributed by atoms with Gasteiger partial charge in [0.1, 0.15) is 5.15 Å². The third-order valence-corrected chi connectivity index (χ3v) is 2.11. The van der Waals surface area contributed by atoms with Gasteiger partial charge in [-0.1, -0.05) is 11.6 Å². The van der Waals surface area contributed by atoms with Gasteiger partial charge in [0.2, 0.25) is 5.88 Å². The molecule has 1 aromatic rings. The largest absolute Gasteiger partial charge is 0.480 e. The molecule has 0 saturated carbocycles. The highest BCUT2D eigenvalue weighted by Gasteiger charge is 2.20. The number of alkyl halides is 2. The second-order valence-corrected chi connectivity index (χ2v) is 3.20. The van der Waals surface area contributed by atoms with Crippen molar-refractivity contribution >= 4 is 28.4 Å². The Morgan fingerprint density at radius 2 is 2.20 bits per heavy atom. The van der Waals surface area contributed by atoms with Crippen LogP contribution in [0.3, 0.4) is 0 Å². The van der Waals surface area contributed by atoms with E-state index in [0.29, 0.717) is 0 Å². The van der Waals surface area contributed by atoms with Crippen LogP contribution in [0.25, 0.3) is 0 Å². The minimum atomic E-state index is -2.83. The number of halogens is 4. The van der Waals surface area contributed by atoms with Crippen LogP contribution in [0, 0.1) is 0 Å². The number of nitrogens with zero attached hydrogens (tertiary/aromatic N) is 1. The predicted octanol–water partition coefficient (Wildman–Crippen LogP) is 3.06. The lowest BCUT2D eigenvalue weighted by Gasteiger charge is -2.08. The Morgan fingerprint density at radius 3 is 2.60 bits per heavy atom. The van der Waals surface area contributed by atoms with Gasteiger partial charge in [0.15, 0.2) is 0 Å². The van der Waals surface area contributed by atoms with Crippen molar-refractivity contribution in [2.24, 2.45) is 0 Å². The zero-order valence-corrected chi connectivity index (χ0v) is 8.94. The van der Waals surface area contributed by atoms with E-state index in [0.717, 1.165) is 6.07 Å². The number of pyridine rings is 1. The first kappa shape index (κ1) is 12.1. The Kier molecular flexibility index (Phi) is 3.82. The van der Waals surface area contributed by atoms with E-state index in [1.165, 1.54) is 7.11 Å². The third-order valence-electron chi connectivity index (χ3n) is 1.61. The number of ether oxygens (including phenoxy) is 1. The van der Waals surface area contributed by atoms with Crippen LogP contribution in [0.5, 0.6) is 5.88 Å². The van der Waals surface area contributed by atoms with Gasteiger partial charge >= 0.3 is 0 Å². The van der Waals surface area contributed by atoms with Crippen molar-refractivity contribution in [2.45, 2.75) is 6.43 Å². The predicted molar refractivity (Wildman–Crippen MR) is 50.9 cm³/mol. The van der Waals surface area contributed by atoms with Crippen molar-refractivity contribution in [2.75, 3.05) is 7.11 Å². The van der Waals surface area contributed by atoms with Crippen molar-refractivity contribution < 1.29 is 18.3 Å². The van der Waals surface area contributed by atoms with E-state index in [-0.39, 0.29) is 11.4 Å². The molecule has 0 saturated heterocycles. The highest BCUT2D eigenvalue weighted by Crippen LogP contribution is 2.30. The molecule has 0 aliphatic carbocycles. The van der Waals surface area contributed by atoms with Crippen LogP contribution < -0.4 is 4.74 Å². The monoisotopic (exact) mass is 255 g/mol. The van der Waals surface area contributed by atoms with Gasteiger partial charge in [-0.25, -0.2) is 13.8 Å². The molecule has 1 aromatic heterocycles. The number of carbonyl (C=O) groups is 1. The molecular weight excluding hydrogens is 251 g/mol. The van der Waals surface area contributed by atoms with E-state index in [1.54, 1.807) is 0 Å². The molecule has 0 amide bonds. The molecule has 0 aliphatic rings. The summed E-state index contributed by atoms with van der Waals surface area (Å²) >= 11 is 10.6. The zero-order valence-electron chi connectivity index (χ0n) is 7.43. The van der Waals surface area contributed by atoms with Crippen LogP contribution in [0.15, 0.2) is 6.07 Å². The molecule has 0 unspecified atom stereocenters. The van der Waals surface area contributed by atoms with Crippen molar-refractivity contribution in [1.29, 1.82) is 0 Å². The van der Waals surface area contributed by atoms with Crippen molar-refractivity contribution in [3.8, 4) is 5.88 Å². The molecule has 0 N–H and O–H groups in total. The normalized spacial score (nSPS) is 10.5. The van der Waals surface area contributed by atoms with Gasteiger partial charge in [-0.3, -0.25) is 4.79 Å². The molecule has 0 radical (unpaired) electrons. The number of hydrogen-bond acceptors (Lipinski definition) is 3. The summed E-state index contributed by atoms with van der Waals surface area (Å²) in [5, 5.41) is -1.35. The van der Waals surface area contributed by atoms with Crippen LogP contribution in [0.4, 0.5) is 8.78 Å². The molecule has 3 nitrogen and oxygen atoms in total. The maximum Gasteiger partial charge on any atom is 0.266 e. The topological polar surface area (TPSA) is 39.2 Å². The van der Waals surface area contributed by atoms with Crippen LogP contribution in [0.2, 0.25) is 5.15 Å². The van der Waals surface area contributed by atoms with Crippen LogP contribution in [-0.4, -0.2) is 17.3 Å². The first-order chi connectivity index (χ1) is 6.97. The fourth-order valence-corrected chi connectivity index (χ4v) is 1.29. The summed E-state index contributed by atoms with van der Waals surface area (Å²) in [5.74, 6) is -0.176. The van der Waals surface area contributed by atoms with E-state index >= 15 is 0 Å². The molecule has 1 heterocycles. The Labute approximate surface area is 94.0 Å². The van der Waals surface area contributed by atoms with Crippen molar-refractivity contribution in [1.82, 2.24) is 4.98 Å². The van der Waals surface area contributed by atoms with Crippen molar-refractivity contribution in [3.63, 3.8) is 0 Å². The average Bonchev–Trinajstić information content (AvgIpc) is 2.16. The molecule has 1 rings (SSSR count). The Hall–Kier alpha value is -0.940. The third kappa shape index (κ3) is 2.54. The Balaban J connectivity index is 3.37. The fourth-order valence-electron chi connectivity index (χ4n) is 0.940. The highest BCUT2D eigenvalue weighted by molar-refractivity contribution is 6.68. The van der Waals surface area contributed by atoms with Gasteiger partial charge in [-0.05, 0) is 17.7 Å². The second-order valence-electron chi connectivity index (χ2n) is 2.50. The molecule has 7 heteroatoms. The van der Waals surface area contributed by atoms with Gasteiger partial charge in [0.05, 0.1) is 18.2 Å². The summed E-state index contributed by atoms with van der Waals surface area (Å²) in [7, 11) is 1.23. The van der Waals surface area contributed by atoms with Gasteiger partial charge in [0, 0.05) is 0 Å². The fraction of sp³-hybridized carbons (Fsp3) is 0.250. The summed E-state index contributed by atoms with van der Waals surface area (Å²) in [6.45, 7) is 0.